The molecule has 3 aromatic rings. The van der Waals surface area contributed by atoms with Crippen molar-refractivity contribution in [2.45, 2.75) is 25.5 Å². The van der Waals surface area contributed by atoms with Crippen LogP contribution in [0.5, 0.6) is 17.4 Å². The third-order valence-electron chi connectivity index (χ3n) is 6.62. The lowest BCUT2D eigenvalue weighted by atomic mass is 9.96. The molecule has 1 fully saturated rings. The maximum Gasteiger partial charge on any atom is 0.232 e. The molecule has 0 spiro atoms. The second-order valence-electron chi connectivity index (χ2n) is 9.13. The molecule has 1 aromatic heterocycles. The highest BCUT2D eigenvalue weighted by atomic mass is 35.5. The van der Waals surface area contributed by atoms with Crippen molar-refractivity contribution in [3.8, 4) is 17.4 Å². The Labute approximate surface area is 210 Å². The normalized spacial score (nSPS) is 19.0. The minimum absolute atomic E-state index is 0.398. The number of halogens is 1. The van der Waals surface area contributed by atoms with Gasteiger partial charge in [0, 0.05) is 30.2 Å². The molecule has 3 heterocycles. The van der Waals surface area contributed by atoms with Crippen LogP contribution in [0.2, 0.25) is 5.02 Å². The van der Waals surface area contributed by atoms with E-state index in [0.717, 1.165) is 44.1 Å². The second-order valence-corrected chi connectivity index (χ2v) is 9.54. The van der Waals surface area contributed by atoms with Crippen molar-refractivity contribution in [2.24, 2.45) is 5.92 Å². The predicted molar refractivity (Wildman–Crippen MR) is 134 cm³/mol. The van der Waals surface area contributed by atoms with E-state index < -0.39 is 6.10 Å². The molecule has 0 radical (unpaired) electrons. The van der Waals surface area contributed by atoms with Crippen molar-refractivity contribution in [3.63, 3.8) is 0 Å². The maximum atomic E-state index is 11.2. The van der Waals surface area contributed by atoms with Crippen LogP contribution in [0.3, 0.4) is 0 Å². The van der Waals surface area contributed by atoms with Gasteiger partial charge >= 0.3 is 0 Å². The highest BCUT2D eigenvalue weighted by Crippen LogP contribution is 2.32. The Bertz CT molecular complexity index is 1180. The van der Waals surface area contributed by atoms with Crippen molar-refractivity contribution in [1.82, 2.24) is 20.2 Å². The Morgan fingerprint density at radius 3 is 2.94 bits per heavy atom. The molecule has 9 heteroatoms. The van der Waals surface area contributed by atoms with Crippen LogP contribution >= 0.6 is 11.6 Å². The molecule has 0 amide bonds. The van der Waals surface area contributed by atoms with Crippen LogP contribution < -0.4 is 19.5 Å². The SMILES string of the molecule is COc1cnc2ccc(Cl)c(C(O)CN3CCCC(CNCc4ccc5c(c4)OCCO5)C3)c2n1. The van der Waals surface area contributed by atoms with E-state index in [1.54, 1.807) is 19.4 Å². The molecule has 2 aromatic carbocycles. The number of aromatic nitrogens is 2. The highest BCUT2D eigenvalue weighted by Gasteiger charge is 2.25. The van der Waals surface area contributed by atoms with Crippen molar-refractivity contribution < 1.29 is 19.3 Å². The van der Waals surface area contributed by atoms with Crippen LogP contribution in [0, 0.1) is 5.92 Å². The van der Waals surface area contributed by atoms with Gasteiger partial charge in [0.05, 0.1) is 24.9 Å². The number of piperidine rings is 1. The summed E-state index contributed by atoms with van der Waals surface area (Å²) in [6.07, 6.45) is 3.06. The first-order valence-electron chi connectivity index (χ1n) is 12.1. The number of rotatable bonds is 8. The number of nitrogens with zero attached hydrogens (tertiary/aromatic N) is 3. The molecular formula is C26H31ClN4O4. The minimum atomic E-state index is -0.767. The third kappa shape index (κ3) is 5.62. The molecule has 2 aliphatic rings. The van der Waals surface area contributed by atoms with Crippen LogP contribution in [0.15, 0.2) is 36.5 Å². The molecule has 0 bridgehead atoms. The Hall–Kier alpha value is -2.65. The van der Waals surface area contributed by atoms with Gasteiger partial charge in [-0.25, -0.2) is 9.97 Å². The van der Waals surface area contributed by atoms with Crippen LogP contribution in [-0.4, -0.2) is 66.5 Å². The van der Waals surface area contributed by atoms with Gasteiger partial charge < -0.3 is 29.5 Å². The Morgan fingerprint density at radius 1 is 1.23 bits per heavy atom. The number of nitrogens with one attached hydrogen (secondary N) is 1. The zero-order valence-corrected chi connectivity index (χ0v) is 20.6. The summed E-state index contributed by atoms with van der Waals surface area (Å²) >= 11 is 6.50. The number of fused-ring (bicyclic) bond motifs is 2. The summed E-state index contributed by atoms with van der Waals surface area (Å²) in [5.74, 6) is 2.55. The lowest BCUT2D eigenvalue weighted by Crippen LogP contribution is -2.41. The van der Waals surface area contributed by atoms with Crippen LogP contribution in [0.4, 0.5) is 0 Å². The molecule has 2 unspecified atom stereocenters. The number of benzene rings is 2. The van der Waals surface area contributed by atoms with E-state index in [2.05, 4.69) is 32.3 Å². The van der Waals surface area contributed by atoms with Crippen LogP contribution in [0.1, 0.15) is 30.1 Å². The van der Waals surface area contributed by atoms with E-state index in [1.807, 2.05) is 12.1 Å². The molecule has 2 aliphatic heterocycles. The Kier molecular flexibility index (Phi) is 7.53. The van der Waals surface area contributed by atoms with E-state index in [-0.39, 0.29) is 0 Å². The first-order valence-corrected chi connectivity index (χ1v) is 12.5. The second kappa shape index (κ2) is 11.0. The fraction of sp³-hybridized carbons (Fsp3) is 0.462. The van der Waals surface area contributed by atoms with Gasteiger partial charge in [0.2, 0.25) is 5.88 Å². The first-order chi connectivity index (χ1) is 17.1. The standard InChI is InChI=1S/C26H31ClN4O4/c1-33-24-14-29-20-6-5-19(27)25(26(20)30-24)21(32)16-31-8-2-3-18(15-31)13-28-12-17-4-7-22-23(11-17)35-10-9-34-22/h4-7,11,14,18,21,28,32H,2-3,8-10,12-13,15-16H2,1H3. The first kappa shape index (κ1) is 24.1. The highest BCUT2D eigenvalue weighted by molar-refractivity contribution is 6.32. The molecule has 1 saturated heterocycles. The predicted octanol–water partition coefficient (Wildman–Crippen LogP) is 3.60. The average molecular weight is 499 g/mol. The molecule has 5 rings (SSSR count). The summed E-state index contributed by atoms with van der Waals surface area (Å²) in [6, 6.07) is 9.69. The van der Waals surface area contributed by atoms with Crippen molar-refractivity contribution in [3.05, 3.63) is 52.7 Å². The van der Waals surface area contributed by atoms with E-state index in [0.29, 0.717) is 53.2 Å². The number of ether oxygens (including phenoxy) is 3. The molecule has 0 aliphatic carbocycles. The number of aliphatic hydroxyl groups is 1. The maximum absolute atomic E-state index is 11.2. The summed E-state index contributed by atoms with van der Waals surface area (Å²) < 4.78 is 16.5. The summed E-state index contributed by atoms with van der Waals surface area (Å²) in [5, 5.41) is 15.2. The average Bonchev–Trinajstić information content (AvgIpc) is 2.88. The summed E-state index contributed by atoms with van der Waals surface area (Å²) in [6.45, 7) is 5.26. The summed E-state index contributed by atoms with van der Waals surface area (Å²) in [5.41, 5.74) is 3.05. The van der Waals surface area contributed by atoms with Crippen molar-refractivity contribution in [1.29, 1.82) is 0 Å². The molecular weight excluding hydrogens is 468 g/mol. The summed E-state index contributed by atoms with van der Waals surface area (Å²) in [7, 11) is 1.55. The van der Waals surface area contributed by atoms with Gasteiger partial charge in [0.25, 0.3) is 0 Å². The van der Waals surface area contributed by atoms with Gasteiger partial charge in [-0.15, -0.1) is 0 Å². The largest absolute Gasteiger partial charge is 0.486 e. The van der Waals surface area contributed by atoms with Crippen LogP contribution in [0.25, 0.3) is 11.0 Å². The molecule has 0 saturated carbocycles. The fourth-order valence-electron chi connectivity index (χ4n) is 4.91. The smallest absolute Gasteiger partial charge is 0.232 e. The number of methoxy groups -OCH3 is 1. The zero-order valence-electron chi connectivity index (χ0n) is 19.9. The molecule has 35 heavy (non-hydrogen) atoms. The molecule has 8 nitrogen and oxygen atoms in total. The Balaban J connectivity index is 1.18. The molecule has 186 valence electrons. The van der Waals surface area contributed by atoms with E-state index in [9.17, 15) is 5.11 Å². The number of hydrogen-bond donors (Lipinski definition) is 2. The molecule has 2 atom stereocenters. The van der Waals surface area contributed by atoms with Crippen LogP contribution in [-0.2, 0) is 6.54 Å². The van der Waals surface area contributed by atoms with E-state index in [1.165, 1.54) is 12.0 Å². The van der Waals surface area contributed by atoms with Crippen molar-refractivity contribution in [2.75, 3.05) is 46.5 Å². The fourth-order valence-corrected chi connectivity index (χ4v) is 5.19. The monoisotopic (exact) mass is 498 g/mol. The zero-order chi connectivity index (χ0) is 24.2. The van der Waals surface area contributed by atoms with Gasteiger partial charge in [-0.2, -0.15) is 0 Å². The summed E-state index contributed by atoms with van der Waals surface area (Å²) in [4.78, 5) is 11.2. The minimum Gasteiger partial charge on any atom is -0.486 e. The number of hydrogen-bond acceptors (Lipinski definition) is 8. The van der Waals surface area contributed by atoms with E-state index in [4.69, 9.17) is 25.8 Å². The number of aliphatic hydroxyl groups excluding tert-OH is 1. The number of likely N-dealkylation sites (tertiary alicyclic amines) is 1. The van der Waals surface area contributed by atoms with E-state index >= 15 is 0 Å². The molecule has 2 N–H and O–H groups in total. The van der Waals surface area contributed by atoms with Gasteiger partial charge in [-0.3, -0.25) is 0 Å². The lowest BCUT2D eigenvalue weighted by molar-refractivity contribution is 0.0848. The lowest BCUT2D eigenvalue weighted by Gasteiger charge is -2.34. The van der Waals surface area contributed by atoms with Crippen molar-refractivity contribution >= 4 is 22.6 Å². The number of β-amino-alcohol motifs (C(OH)–C–C–N with tert-alkyl or cyclic N) is 1. The topological polar surface area (TPSA) is 89.0 Å². The van der Waals surface area contributed by atoms with Gasteiger partial charge in [-0.1, -0.05) is 17.7 Å². The quantitative estimate of drug-likeness (QED) is 0.487. The van der Waals surface area contributed by atoms with Gasteiger partial charge in [-0.05, 0) is 61.7 Å². The third-order valence-corrected chi connectivity index (χ3v) is 6.95. The Morgan fingerprint density at radius 2 is 2.09 bits per heavy atom. The van der Waals surface area contributed by atoms with Gasteiger partial charge in [0.15, 0.2) is 11.5 Å². The van der Waals surface area contributed by atoms with Gasteiger partial charge in [0.1, 0.15) is 18.7 Å².